The molecule has 0 aromatic rings. The predicted molar refractivity (Wildman–Crippen MR) is 55.0 cm³/mol. The Morgan fingerprint density at radius 2 is 2.00 bits per heavy atom. The normalized spacial score (nSPS) is 28.8. The molecule has 5 heteroatoms. The molecule has 1 unspecified atom stereocenters. The van der Waals surface area contributed by atoms with Crippen LogP contribution in [0.3, 0.4) is 0 Å². The lowest BCUT2D eigenvalue weighted by molar-refractivity contribution is -0.170. The second kappa shape index (κ2) is 2.99. The molecule has 1 N–H and O–H groups in total. The number of carboxylic acid groups (broad SMARTS) is 1. The van der Waals surface area contributed by atoms with Crippen LogP contribution < -0.4 is 0 Å². The Balaban J connectivity index is 2.45. The SMILES string of the molecule is CC1C(=O)N2C(C(=O)O)=C(C(C)(C)C)O[C@H]12. The van der Waals surface area contributed by atoms with Crippen molar-refractivity contribution >= 4 is 11.9 Å². The number of hydrogen-bond donors (Lipinski definition) is 1. The monoisotopic (exact) mass is 225 g/mol. The number of hydrogen-bond acceptors (Lipinski definition) is 3. The summed E-state index contributed by atoms with van der Waals surface area (Å²) in [6.45, 7) is 7.35. The number of carbonyl (C=O) groups is 2. The van der Waals surface area contributed by atoms with E-state index in [1.54, 1.807) is 6.92 Å². The molecule has 0 aromatic carbocycles. The van der Waals surface area contributed by atoms with Crippen molar-refractivity contribution in [3.8, 4) is 0 Å². The fourth-order valence-electron chi connectivity index (χ4n) is 2.02. The zero-order chi connectivity index (χ0) is 12.2. The molecule has 0 aromatic heterocycles. The van der Waals surface area contributed by atoms with E-state index in [9.17, 15) is 9.59 Å². The van der Waals surface area contributed by atoms with Gasteiger partial charge in [-0.05, 0) is 6.92 Å². The molecule has 5 nitrogen and oxygen atoms in total. The molecule has 1 saturated heterocycles. The Morgan fingerprint density at radius 1 is 1.44 bits per heavy atom. The van der Waals surface area contributed by atoms with Gasteiger partial charge >= 0.3 is 5.97 Å². The molecular formula is C11H15NO4. The summed E-state index contributed by atoms with van der Waals surface area (Å²) in [4.78, 5) is 24.0. The smallest absolute Gasteiger partial charge is 0.356 e. The molecule has 88 valence electrons. The van der Waals surface area contributed by atoms with Crippen LogP contribution in [0.15, 0.2) is 11.5 Å². The highest BCUT2D eigenvalue weighted by Crippen LogP contribution is 2.45. The number of fused-ring (bicyclic) bond motifs is 1. The van der Waals surface area contributed by atoms with Crippen LogP contribution in [0.1, 0.15) is 27.7 Å². The number of aliphatic carboxylic acids is 1. The largest absolute Gasteiger partial charge is 0.476 e. The first-order chi connectivity index (χ1) is 7.25. The van der Waals surface area contributed by atoms with Gasteiger partial charge in [-0.2, -0.15) is 0 Å². The van der Waals surface area contributed by atoms with Crippen molar-refractivity contribution in [2.75, 3.05) is 0 Å². The highest BCUT2D eigenvalue weighted by molar-refractivity contribution is 5.98. The van der Waals surface area contributed by atoms with Crippen molar-refractivity contribution in [2.24, 2.45) is 11.3 Å². The minimum Gasteiger partial charge on any atom is -0.476 e. The number of carboxylic acids is 1. The van der Waals surface area contributed by atoms with Gasteiger partial charge in [0.15, 0.2) is 11.9 Å². The first kappa shape index (κ1) is 11.0. The number of rotatable bonds is 1. The van der Waals surface area contributed by atoms with Crippen LogP contribution >= 0.6 is 0 Å². The van der Waals surface area contributed by atoms with E-state index in [0.717, 1.165) is 0 Å². The van der Waals surface area contributed by atoms with E-state index in [1.165, 1.54) is 4.90 Å². The Hall–Kier alpha value is -1.52. The van der Waals surface area contributed by atoms with Crippen molar-refractivity contribution < 1.29 is 19.4 Å². The average Bonchev–Trinajstić information content (AvgIpc) is 2.52. The summed E-state index contributed by atoms with van der Waals surface area (Å²) in [5.74, 6) is -1.15. The Labute approximate surface area is 93.7 Å². The molecule has 0 aliphatic carbocycles. The minimum atomic E-state index is -1.10. The summed E-state index contributed by atoms with van der Waals surface area (Å²) in [5.41, 5.74) is -0.411. The molecule has 2 rings (SSSR count). The van der Waals surface area contributed by atoms with E-state index < -0.39 is 17.6 Å². The van der Waals surface area contributed by atoms with Gasteiger partial charge in [0.25, 0.3) is 0 Å². The van der Waals surface area contributed by atoms with Gasteiger partial charge in [0.05, 0.1) is 5.92 Å². The van der Waals surface area contributed by atoms with Crippen molar-refractivity contribution in [1.82, 2.24) is 4.90 Å². The Kier molecular flexibility index (Phi) is 2.05. The molecule has 1 amide bonds. The number of allylic oxidation sites excluding steroid dienone is 1. The van der Waals surface area contributed by atoms with Gasteiger partial charge in [0.2, 0.25) is 5.91 Å². The van der Waals surface area contributed by atoms with E-state index in [-0.39, 0.29) is 17.5 Å². The molecule has 0 saturated carbocycles. The molecule has 2 atom stereocenters. The molecule has 2 heterocycles. The van der Waals surface area contributed by atoms with Crippen LogP contribution in [0.4, 0.5) is 0 Å². The topological polar surface area (TPSA) is 66.8 Å². The molecule has 2 aliphatic rings. The molecule has 0 spiro atoms. The molecule has 0 bridgehead atoms. The van der Waals surface area contributed by atoms with E-state index in [2.05, 4.69) is 0 Å². The summed E-state index contributed by atoms with van der Waals surface area (Å²) >= 11 is 0. The lowest BCUT2D eigenvalue weighted by Gasteiger charge is -2.39. The number of β-lactam (4-membered cyclic amide) rings is 1. The summed E-state index contributed by atoms with van der Waals surface area (Å²) in [6, 6.07) is 0. The Morgan fingerprint density at radius 3 is 2.44 bits per heavy atom. The maximum absolute atomic E-state index is 11.6. The maximum Gasteiger partial charge on any atom is 0.356 e. The molecule has 0 radical (unpaired) electrons. The summed E-state index contributed by atoms with van der Waals surface area (Å²) in [6.07, 6.45) is -0.423. The highest BCUT2D eigenvalue weighted by atomic mass is 16.5. The molecule has 2 aliphatic heterocycles. The number of ether oxygens (including phenoxy) is 1. The van der Waals surface area contributed by atoms with Crippen molar-refractivity contribution in [3.05, 3.63) is 11.5 Å². The zero-order valence-electron chi connectivity index (χ0n) is 9.77. The van der Waals surface area contributed by atoms with Crippen LogP contribution in [0.5, 0.6) is 0 Å². The zero-order valence-corrected chi connectivity index (χ0v) is 9.77. The Bertz CT molecular complexity index is 405. The first-order valence-electron chi connectivity index (χ1n) is 5.23. The van der Waals surface area contributed by atoms with Crippen molar-refractivity contribution in [2.45, 2.75) is 33.9 Å². The van der Waals surface area contributed by atoms with E-state index >= 15 is 0 Å². The van der Waals surface area contributed by atoms with Crippen LogP contribution in [0.25, 0.3) is 0 Å². The third-order valence-electron chi connectivity index (χ3n) is 2.89. The minimum absolute atomic E-state index is 0.000556. The standard InChI is InChI=1S/C11H15NO4/c1-5-8(13)12-6(10(14)15)7(11(2,3)4)16-9(5)12/h5,9H,1-4H3,(H,14,15)/t5?,9-/m1/s1. The van der Waals surface area contributed by atoms with Gasteiger partial charge in [0.1, 0.15) is 5.76 Å². The fourth-order valence-corrected chi connectivity index (χ4v) is 2.02. The number of nitrogens with zero attached hydrogens (tertiary/aromatic N) is 1. The lowest BCUT2D eigenvalue weighted by Crippen LogP contribution is -2.57. The predicted octanol–water partition coefficient (Wildman–Crippen LogP) is 1.16. The van der Waals surface area contributed by atoms with Gasteiger partial charge in [-0.3, -0.25) is 9.69 Å². The van der Waals surface area contributed by atoms with E-state index in [1.807, 2.05) is 20.8 Å². The van der Waals surface area contributed by atoms with Gasteiger partial charge in [-0.15, -0.1) is 0 Å². The van der Waals surface area contributed by atoms with Gasteiger partial charge in [0, 0.05) is 5.41 Å². The second-order valence-corrected chi connectivity index (χ2v) is 5.24. The van der Waals surface area contributed by atoms with Gasteiger partial charge < -0.3 is 9.84 Å². The quantitative estimate of drug-likeness (QED) is 0.680. The number of amides is 1. The van der Waals surface area contributed by atoms with Gasteiger partial charge in [-0.1, -0.05) is 20.8 Å². The van der Waals surface area contributed by atoms with Crippen molar-refractivity contribution in [3.63, 3.8) is 0 Å². The van der Waals surface area contributed by atoms with E-state index in [4.69, 9.17) is 9.84 Å². The van der Waals surface area contributed by atoms with Gasteiger partial charge in [-0.25, -0.2) is 4.79 Å². The summed E-state index contributed by atoms with van der Waals surface area (Å²) in [5, 5.41) is 9.14. The van der Waals surface area contributed by atoms with Crippen LogP contribution in [0, 0.1) is 11.3 Å². The first-order valence-corrected chi connectivity index (χ1v) is 5.23. The second-order valence-electron chi connectivity index (χ2n) is 5.24. The number of carbonyl (C=O) groups excluding carboxylic acids is 1. The molecule has 1 fully saturated rings. The summed E-state index contributed by atoms with van der Waals surface area (Å²) < 4.78 is 5.59. The third kappa shape index (κ3) is 1.24. The van der Waals surface area contributed by atoms with Crippen LogP contribution in [-0.2, 0) is 14.3 Å². The van der Waals surface area contributed by atoms with Crippen LogP contribution in [0.2, 0.25) is 0 Å². The highest BCUT2D eigenvalue weighted by Gasteiger charge is 2.56. The maximum atomic E-state index is 11.6. The lowest BCUT2D eigenvalue weighted by atomic mass is 9.92. The average molecular weight is 225 g/mol. The fraction of sp³-hybridized carbons (Fsp3) is 0.636. The third-order valence-corrected chi connectivity index (χ3v) is 2.89. The molecule has 16 heavy (non-hydrogen) atoms. The summed E-state index contributed by atoms with van der Waals surface area (Å²) in [7, 11) is 0. The van der Waals surface area contributed by atoms with E-state index in [0.29, 0.717) is 5.76 Å². The van der Waals surface area contributed by atoms with Crippen molar-refractivity contribution in [1.29, 1.82) is 0 Å². The van der Waals surface area contributed by atoms with Crippen LogP contribution in [-0.4, -0.2) is 28.1 Å². The molecular weight excluding hydrogens is 210 g/mol.